The summed E-state index contributed by atoms with van der Waals surface area (Å²) in [4.78, 5) is 59.9. The molecule has 1 saturated carbocycles. The van der Waals surface area contributed by atoms with E-state index >= 15 is 0 Å². The molecule has 7 unspecified atom stereocenters. The SMILES string of the molecule is CC(=O)OC(CC1=CC(=O)OC1)C1(C)C2CCC=C(C)C2(C)C(OC(=O)c2cccnc2)C(OC(=O)c2cccnc2)C1(C)O. The van der Waals surface area contributed by atoms with Gasteiger partial charge in [0.25, 0.3) is 0 Å². The fourth-order valence-electron chi connectivity index (χ4n) is 7.47. The lowest BCUT2D eigenvalue weighted by Crippen LogP contribution is -2.75. The Bertz CT molecular complexity index is 1540. The van der Waals surface area contributed by atoms with Crippen molar-refractivity contribution in [1.82, 2.24) is 9.97 Å². The minimum atomic E-state index is -1.95. The minimum Gasteiger partial charge on any atom is -0.462 e. The van der Waals surface area contributed by atoms with E-state index in [2.05, 4.69) is 16.0 Å². The van der Waals surface area contributed by atoms with Gasteiger partial charge in [-0.05, 0) is 62.4 Å². The summed E-state index contributed by atoms with van der Waals surface area (Å²) < 4.78 is 23.5. The van der Waals surface area contributed by atoms with Crippen LogP contribution in [-0.4, -0.2) is 69.5 Å². The van der Waals surface area contributed by atoms with Crippen molar-refractivity contribution in [2.45, 2.75) is 77.8 Å². The normalized spacial score (nSPS) is 31.4. The quantitative estimate of drug-likeness (QED) is 0.258. The molecule has 0 saturated heterocycles. The number of cyclic esters (lactones) is 1. The fraction of sp³-hybridized carbons (Fsp3) is 0.471. The van der Waals surface area contributed by atoms with E-state index in [1.807, 2.05) is 20.8 Å². The first kappa shape index (κ1) is 32.0. The highest BCUT2D eigenvalue weighted by Gasteiger charge is 2.73. The van der Waals surface area contributed by atoms with Gasteiger partial charge in [0.05, 0.1) is 11.1 Å². The number of ether oxygens (including phenoxy) is 4. The van der Waals surface area contributed by atoms with Crippen LogP contribution in [0.3, 0.4) is 0 Å². The zero-order chi connectivity index (χ0) is 32.6. The Morgan fingerprint density at radius 1 is 1.02 bits per heavy atom. The van der Waals surface area contributed by atoms with E-state index in [1.165, 1.54) is 50.8 Å². The number of aromatic nitrogens is 2. The summed E-state index contributed by atoms with van der Waals surface area (Å²) in [6.07, 6.45) is 6.89. The van der Waals surface area contributed by atoms with Crippen LogP contribution in [0.2, 0.25) is 0 Å². The van der Waals surface area contributed by atoms with Gasteiger partial charge < -0.3 is 24.1 Å². The van der Waals surface area contributed by atoms with Crippen LogP contribution in [0.25, 0.3) is 0 Å². The Labute approximate surface area is 261 Å². The molecule has 0 aromatic carbocycles. The maximum Gasteiger partial charge on any atom is 0.340 e. The number of aliphatic hydroxyl groups is 1. The second kappa shape index (κ2) is 12.2. The number of nitrogens with zero attached hydrogens (tertiary/aromatic N) is 2. The van der Waals surface area contributed by atoms with E-state index < -0.39 is 64.5 Å². The van der Waals surface area contributed by atoms with E-state index in [0.717, 1.165) is 5.57 Å². The number of rotatable bonds is 8. The van der Waals surface area contributed by atoms with Crippen LogP contribution in [0.15, 0.2) is 72.4 Å². The monoisotopic (exact) mass is 618 g/mol. The molecular weight excluding hydrogens is 580 g/mol. The summed E-state index contributed by atoms with van der Waals surface area (Å²) in [6.45, 7) is 8.49. The van der Waals surface area contributed by atoms with Gasteiger partial charge in [0.15, 0.2) is 12.2 Å². The van der Waals surface area contributed by atoms with Crippen molar-refractivity contribution in [3.05, 3.63) is 83.5 Å². The number of fused-ring (bicyclic) bond motifs is 1. The summed E-state index contributed by atoms with van der Waals surface area (Å²) in [6, 6.07) is 6.29. The number of pyridine rings is 2. The van der Waals surface area contributed by atoms with Gasteiger partial charge >= 0.3 is 23.9 Å². The summed E-state index contributed by atoms with van der Waals surface area (Å²) >= 11 is 0. The molecule has 1 N–H and O–H groups in total. The third kappa shape index (κ3) is 5.65. The molecule has 1 fully saturated rings. The van der Waals surface area contributed by atoms with E-state index in [1.54, 1.807) is 18.2 Å². The summed E-state index contributed by atoms with van der Waals surface area (Å²) in [5, 5.41) is 12.8. The predicted molar refractivity (Wildman–Crippen MR) is 159 cm³/mol. The molecule has 0 amide bonds. The number of carbonyl (C=O) groups excluding carboxylic acids is 4. The number of hydrogen-bond donors (Lipinski definition) is 1. The van der Waals surface area contributed by atoms with E-state index in [4.69, 9.17) is 18.9 Å². The minimum absolute atomic E-state index is 0.0282. The van der Waals surface area contributed by atoms with Crippen LogP contribution in [0, 0.1) is 16.7 Å². The van der Waals surface area contributed by atoms with Gasteiger partial charge in [-0.1, -0.05) is 25.5 Å². The Morgan fingerprint density at radius 2 is 1.62 bits per heavy atom. The average molecular weight is 619 g/mol. The second-order valence-electron chi connectivity index (χ2n) is 12.6. The zero-order valence-electron chi connectivity index (χ0n) is 26.0. The first-order valence-electron chi connectivity index (χ1n) is 14.9. The Morgan fingerprint density at radius 3 is 2.13 bits per heavy atom. The van der Waals surface area contributed by atoms with Crippen molar-refractivity contribution in [3.8, 4) is 0 Å². The molecule has 0 radical (unpaired) electrons. The van der Waals surface area contributed by atoms with Crippen molar-refractivity contribution in [1.29, 1.82) is 0 Å². The third-order valence-corrected chi connectivity index (χ3v) is 10.1. The first-order chi connectivity index (χ1) is 21.3. The topological polar surface area (TPSA) is 151 Å². The molecule has 3 aliphatic rings. The van der Waals surface area contributed by atoms with E-state index in [0.29, 0.717) is 18.4 Å². The van der Waals surface area contributed by atoms with Crippen LogP contribution in [-0.2, 0) is 28.5 Å². The molecule has 11 heteroatoms. The molecule has 2 aromatic rings. The van der Waals surface area contributed by atoms with Crippen molar-refractivity contribution >= 4 is 23.9 Å². The van der Waals surface area contributed by atoms with Gasteiger partial charge in [-0.25, -0.2) is 14.4 Å². The molecule has 2 aromatic heterocycles. The third-order valence-electron chi connectivity index (χ3n) is 10.1. The lowest BCUT2D eigenvalue weighted by Gasteiger charge is -2.66. The molecule has 5 rings (SSSR count). The smallest absolute Gasteiger partial charge is 0.340 e. The van der Waals surface area contributed by atoms with Crippen molar-refractivity contribution < 1.29 is 43.2 Å². The molecular formula is C34H38N2O9. The largest absolute Gasteiger partial charge is 0.462 e. The Hall–Kier alpha value is -4.38. The highest BCUT2D eigenvalue weighted by molar-refractivity contribution is 5.90. The predicted octanol–water partition coefficient (Wildman–Crippen LogP) is 4.17. The maximum atomic E-state index is 13.6. The van der Waals surface area contributed by atoms with Crippen molar-refractivity contribution in [2.24, 2.45) is 16.7 Å². The molecule has 3 heterocycles. The second-order valence-corrected chi connectivity index (χ2v) is 12.6. The lowest BCUT2D eigenvalue weighted by molar-refractivity contribution is -0.290. The Kier molecular flexibility index (Phi) is 8.68. The Balaban J connectivity index is 1.68. The van der Waals surface area contributed by atoms with Crippen LogP contribution < -0.4 is 0 Å². The van der Waals surface area contributed by atoms with Gasteiger partial charge in [0, 0.05) is 55.0 Å². The number of allylic oxidation sites excluding steroid dienone is 1. The highest BCUT2D eigenvalue weighted by atomic mass is 16.6. The van der Waals surface area contributed by atoms with Gasteiger partial charge in [-0.15, -0.1) is 0 Å². The molecule has 2 aliphatic carbocycles. The van der Waals surface area contributed by atoms with Crippen LogP contribution in [0.4, 0.5) is 0 Å². The van der Waals surface area contributed by atoms with E-state index in [9.17, 15) is 24.3 Å². The fourth-order valence-corrected chi connectivity index (χ4v) is 7.47. The van der Waals surface area contributed by atoms with Gasteiger partial charge in [-0.2, -0.15) is 0 Å². The number of carbonyl (C=O) groups is 4. The number of hydrogen-bond acceptors (Lipinski definition) is 11. The summed E-state index contributed by atoms with van der Waals surface area (Å²) in [5.41, 5.74) is -2.45. The molecule has 7 atom stereocenters. The number of esters is 4. The van der Waals surface area contributed by atoms with Crippen LogP contribution in [0.1, 0.15) is 74.6 Å². The van der Waals surface area contributed by atoms with Crippen LogP contribution in [0.5, 0.6) is 0 Å². The lowest BCUT2D eigenvalue weighted by atomic mass is 9.42. The average Bonchev–Trinajstić information content (AvgIpc) is 3.43. The first-order valence-corrected chi connectivity index (χ1v) is 14.9. The zero-order valence-corrected chi connectivity index (χ0v) is 26.0. The van der Waals surface area contributed by atoms with E-state index in [-0.39, 0.29) is 24.2 Å². The van der Waals surface area contributed by atoms with Gasteiger partial charge in [0.1, 0.15) is 18.3 Å². The molecule has 45 heavy (non-hydrogen) atoms. The summed E-state index contributed by atoms with van der Waals surface area (Å²) in [5.74, 6) is -3.01. The van der Waals surface area contributed by atoms with Crippen LogP contribution >= 0.6 is 0 Å². The van der Waals surface area contributed by atoms with Crippen molar-refractivity contribution in [2.75, 3.05) is 6.61 Å². The highest BCUT2D eigenvalue weighted by Crippen LogP contribution is 2.65. The maximum absolute atomic E-state index is 13.6. The van der Waals surface area contributed by atoms with Crippen molar-refractivity contribution in [3.63, 3.8) is 0 Å². The molecule has 0 bridgehead atoms. The molecule has 11 nitrogen and oxygen atoms in total. The van der Waals surface area contributed by atoms with Gasteiger partial charge in [-0.3, -0.25) is 14.8 Å². The summed E-state index contributed by atoms with van der Waals surface area (Å²) in [7, 11) is 0. The standard InChI is InChI=1S/C34H38N2O9/c1-20-9-6-12-25-32(20,3)28(44-30(39)23-10-7-13-35-17-23)29(45-31(40)24-11-8-14-36-18-24)34(5,41)33(25,4)26(43-21(2)37)15-22-16-27(38)42-19-22/h7-11,13-14,16-18,25-26,28-29,41H,6,12,15,19H2,1-5H3. The van der Waals surface area contributed by atoms with Gasteiger partial charge in [0.2, 0.25) is 0 Å². The molecule has 0 spiro atoms. The molecule has 1 aliphatic heterocycles. The molecule has 238 valence electrons.